The summed E-state index contributed by atoms with van der Waals surface area (Å²) in [5, 5.41) is 12.4. The summed E-state index contributed by atoms with van der Waals surface area (Å²) in [6, 6.07) is 4.30. The molecule has 4 aliphatic carbocycles. The molecule has 0 bridgehead atoms. The van der Waals surface area contributed by atoms with Gasteiger partial charge >= 0.3 is 5.63 Å². The van der Waals surface area contributed by atoms with Crippen molar-refractivity contribution in [2.75, 3.05) is 13.1 Å². The Balaban J connectivity index is 1.26. The van der Waals surface area contributed by atoms with Crippen molar-refractivity contribution in [3.05, 3.63) is 34.4 Å². The normalized spacial score (nSPS) is 48.8. The molecule has 5 aliphatic rings. The van der Waals surface area contributed by atoms with Crippen molar-refractivity contribution in [1.29, 1.82) is 0 Å². The lowest BCUT2D eigenvalue weighted by Gasteiger charge is -2.64. The van der Waals surface area contributed by atoms with Crippen LogP contribution in [-0.2, 0) is 0 Å². The van der Waals surface area contributed by atoms with Crippen molar-refractivity contribution in [3.63, 3.8) is 0 Å². The predicted molar refractivity (Wildman–Crippen MR) is 126 cm³/mol. The number of likely N-dealkylation sites (tertiary alicyclic amines) is 1. The van der Waals surface area contributed by atoms with Gasteiger partial charge in [0, 0.05) is 17.5 Å². The zero-order valence-corrected chi connectivity index (χ0v) is 20.0. The highest BCUT2D eigenvalue weighted by Gasteiger charge is 2.67. The number of hydrogen-bond donors (Lipinski definition) is 1. The van der Waals surface area contributed by atoms with Gasteiger partial charge in [-0.15, -0.1) is 0 Å². The molecule has 1 aromatic rings. The van der Waals surface area contributed by atoms with Gasteiger partial charge in [0.1, 0.15) is 0 Å². The summed E-state index contributed by atoms with van der Waals surface area (Å²) in [6.07, 6.45) is 15.3. The average molecular weight is 440 g/mol. The van der Waals surface area contributed by atoms with Gasteiger partial charge in [-0.05, 0) is 124 Å². The maximum absolute atomic E-state index is 12.4. The molecular weight excluding hydrogens is 398 g/mol. The monoisotopic (exact) mass is 439 g/mol. The standard InChI is InChI=1S/C28H41NO3/c1-26-12-9-21(29-15-3-4-16-29)17-20(26)6-7-24-23(26)10-13-27(2)22(11-14-28(24,27)31)19-5-8-25(30)32-18-19/h5,8,18,20-24,31H,3-4,6-7,9-17H2,1-2H3/t20-,21+,22-,23+,24-,26+,27-,28+/m1/s1. The van der Waals surface area contributed by atoms with E-state index >= 15 is 0 Å². The lowest BCUT2D eigenvalue weighted by Crippen LogP contribution is -2.62. The molecule has 0 radical (unpaired) electrons. The van der Waals surface area contributed by atoms with Crippen LogP contribution in [-0.4, -0.2) is 34.7 Å². The van der Waals surface area contributed by atoms with Crippen LogP contribution in [0.25, 0.3) is 0 Å². The van der Waals surface area contributed by atoms with Gasteiger partial charge in [-0.25, -0.2) is 4.79 Å². The maximum atomic E-state index is 12.4. The van der Waals surface area contributed by atoms with E-state index < -0.39 is 5.60 Å². The average Bonchev–Trinajstić information content (AvgIpc) is 3.41. The zero-order chi connectivity index (χ0) is 22.1. The molecule has 4 nitrogen and oxygen atoms in total. The Labute approximate surface area is 192 Å². The molecule has 0 unspecified atom stereocenters. The van der Waals surface area contributed by atoms with E-state index in [1.807, 2.05) is 6.07 Å². The summed E-state index contributed by atoms with van der Waals surface area (Å²) in [5.41, 5.74) is 0.508. The SMILES string of the molecule is C[C@]12CC[C@H](N3CCCC3)C[C@H]1CC[C@@H]1[C@@H]2CC[C@]2(C)[C@@H](c3ccc(=O)oc3)CC[C@]12O. The quantitative estimate of drug-likeness (QED) is 0.675. The molecule has 8 atom stereocenters. The van der Waals surface area contributed by atoms with Crippen molar-refractivity contribution < 1.29 is 9.52 Å². The summed E-state index contributed by atoms with van der Waals surface area (Å²) in [5.74, 6) is 2.20. The number of nitrogens with zero attached hydrogens (tertiary/aromatic N) is 1. The molecular formula is C28H41NO3. The fourth-order valence-electron chi connectivity index (χ4n) is 9.74. The smallest absolute Gasteiger partial charge is 0.335 e. The Kier molecular flexibility index (Phi) is 4.97. The van der Waals surface area contributed by atoms with Gasteiger partial charge in [0.15, 0.2) is 0 Å². The second-order valence-electron chi connectivity index (χ2n) is 12.5. The molecule has 4 heteroatoms. The van der Waals surface area contributed by atoms with E-state index in [0.717, 1.165) is 36.8 Å². The van der Waals surface area contributed by atoms with E-state index in [0.29, 0.717) is 17.3 Å². The first kappa shape index (κ1) is 21.4. The van der Waals surface area contributed by atoms with Crippen LogP contribution in [0.2, 0.25) is 0 Å². The molecule has 32 heavy (non-hydrogen) atoms. The van der Waals surface area contributed by atoms with Gasteiger partial charge in [-0.1, -0.05) is 13.8 Å². The summed E-state index contributed by atoms with van der Waals surface area (Å²) < 4.78 is 5.23. The van der Waals surface area contributed by atoms with Crippen LogP contribution in [0.3, 0.4) is 0 Å². The van der Waals surface area contributed by atoms with Crippen LogP contribution in [0.1, 0.15) is 96.0 Å². The Bertz CT molecular complexity index is 901. The molecule has 1 saturated heterocycles. The Hall–Kier alpha value is -1.13. The van der Waals surface area contributed by atoms with Gasteiger partial charge in [0.05, 0.1) is 11.9 Å². The number of fused-ring (bicyclic) bond motifs is 5. The maximum Gasteiger partial charge on any atom is 0.335 e. The summed E-state index contributed by atoms with van der Waals surface area (Å²) in [4.78, 5) is 14.3. The first-order chi connectivity index (χ1) is 15.3. The van der Waals surface area contributed by atoms with Crippen molar-refractivity contribution in [2.45, 2.75) is 102 Å². The van der Waals surface area contributed by atoms with Gasteiger partial charge in [0.25, 0.3) is 0 Å². The predicted octanol–water partition coefficient (Wildman–Crippen LogP) is 5.35. The number of aliphatic hydroxyl groups is 1. The zero-order valence-electron chi connectivity index (χ0n) is 20.0. The summed E-state index contributed by atoms with van der Waals surface area (Å²) in [6.45, 7) is 7.57. The van der Waals surface area contributed by atoms with Crippen molar-refractivity contribution in [3.8, 4) is 0 Å². The topological polar surface area (TPSA) is 53.7 Å². The molecule has 1 N–H and O–H groups in total. The third-order valence-electron chi connectivity index (χ3n) is 11.6. The van der Waals surface area contributed by atoms with Crippen molar-refractivity contribution in [2.24, 2.45) is 28.6 Å². The third-order valence-corrected chi connectivity index (χ3v) is 11.6. The molecule has 0 aromatic carbocycles. The molecule has 5 fully saturated rings. The lowest BCUT2D eigenvalue weighted by atomic mass is 9.43. The summed E-state index contributed by atoms with van der Waals surface area (Å²) in [7, 11) is 0. The molecule has 0 amide bonds. The van der Waals surface area contributed by atoms with Gasteiger partial charge < -0.3 is 14.4 Å². The van der Waals surface area contributed by atoms with Gasteiger partial charge in [-0.2, -0.15) is 0 Å². The highest BCUT2D eigenvalue weighted by Crippen LogP contribution is 2.70. The first-order valence-corrected chi connectivity index (χ1v) is 13.4. The fraction of sp³-hybridized carbons (Fsp3) is 0.821. The van der Waals surface area contributed by atoms with Crippen LogP contribution in [0.4, 0.5) is 0 Å². The molecule has 2 heterocycles. The molecule has 1 aromatic heterocycles. The van der Waals surface area contributed by atoms with Crippen LogP contribution < -0.4 is 5.63 Å². The van der Waals surface area contributed by atoms with Crippen LogP contribution in [0.15, 0.2) is 27.6 Å². The second-order valence-corrected chi connectivity index (χ2v) is 12.5. The first-order valence-electron chi connectivity index (χ1n) is 13.4. The van der Waals surface area contributed by atoms with E-state index in [-0.39, 0.29) is 17.0 Å². The Morgan fingerprint density at radius 1 is 0.969 bits per heavy atom. The molecule has 4 saturated carbocycles. The van der Waals surface area contributed by atoms with E-state index in [1.165, 1.54) is 64.5 Å². The highest BCUT2D eigenvalue weighted by molar-refractivity contribution is 5.27. The van der Waals surface area contributed by atoms with E-state index in [4.69, 9.17) is 4.42 Å². The van der Waals surface area contributed by atoms with Gasteiger partial charge in [-0.3, -0.25) is 0 Å². The number of rotatable bonds is 2. The second kappa shape index (κ2) is 7.43. The van der Waals surface area contributed by atoms with Gasteiger partial charge in [0.2, 0.25) is 0 Å². The minimum Gasteiger partial charge on any atom is -0.431 e. The summed E-state index contributed by atoms with van der Waals surface area (Å²) >= 11 is 0. The van der Waals surface area contributed by atoms with Crippen LogP contribution in [0, 0.1) is 28.6 Å². The van der Waals surface area contributed by atoms with E-state index in [2.05, 4.69) is 18.7 Å². The van der Waals surface area contributed by atoms with E-state index in [9.17, 15) is 9.90 Å². The molecule has 1 aliphatic heterocycles. The van der Waals surface area contributed by atoms with Crippen LogP contribution in [0.5, 0.6) is 0 Å². The van der Waals surface area contributed by atoms with Crippen molar-refractivity contribution in [1.82, 2.24) is 4.90 Å². The molecule has 176 valence electrons. The largest absolute Gasteiger partial charge is 0.431 e. The number of hydrogen-bond acceptors (Lipinski definition) is 4. The van der Waals surface area contributed by atoms with Crippen LogP contribution >= 0.6 is 0 Å². The lowest BCUT2D eigenvalue weighted by molar-refractivity contribution is -0.203. The molecule has 6 rings (SSSR count). The minimum atomic E-state index is -0.587. The Morgan fingerprint density at radius 2 is 1.78 bits per heavy atom. The molecule has 0 spiro atoms. The Morgan fingerprint density at radius 3 is 2.53 bits per heavy atom. The van der Waals surface area contributed by atoms with E-state index in [1.54, 1.807) is 12.3 Å². The third kappa shape index (κ3) is 2.90. The minimum absolute atomic E-state index is 0.121. The fourth-order valence-corrected chi connectivity index (χ4v) is 9.74. The van der Waals surface area contributed by atoms with Crippen molar-refractivity contribution >= 4 is 0 Å². The highest BCUT2D eigenvalue weighted by atomic mass is 16.4.